The summed E-state index contributed by atoms with van der Waals surface area (Å²) in [5.41, 5.74) is 5.75. The smallest absolute Gasteiger partial charge is 0.144 e. The van der Waals surface area contributed by atoms with Gasteiger partial charge in [0, 0.05) is 56.4 Å². The van der Waals surface area contributed by atoms with Crippen LogP contribution in [0.15, 0.2) is 48.9 Å². The fraction of sp³-hybridized carbons (Fsp3) is 0.300. The van der Waals surface area contributed by atoms with Crippen molar-refractivity contribution in [3.05, 3.63) is 54.5 Å². The van der Waals surface area contributed by atoms with E-state index in [1.807, 2.05) is 24.0 Å². The molecule has 2 aromatic heterocycles. The minimum absolute atomic E-state index is 0.768. The number of anilines is 2. The zero-order valence-electron chi connectivity index (χ0n) is 14.8. The highest BCUT2D eigenvalue weighted by atomic mass is 16.5. The number of ether oxygens (including phenoxy) is 1. The third kappa shape index (κ3) is 2.49. The van der Waals surface area contributed by atoms with Gasteiger partial charge in [-0.05, 0) is 24.3 Å². The third-order valence-electron chi connectivity index (χ3n) is 5.09. The molecule has 4 heterocycles. The first-order valence-electron chi connectivity index (χ1n) is 8.98. The summed E-state index contributed by atoms with van der Waals surface area (Å²) in [5, 5.41) is 4.68. The second-order valence-corrected chi connectivity index (χ2v) is 6.80. The maximum atomic E-state index is 5.87. The highest BCUT2D eigenvalue weighted by Crippen LogP contribution is 2.43. The van der Waals surface area contributed by atoms with Gasteiger partial charge in [-0.2, -0.15) is 5.10 Å². The van der Waals surface area contributed by atoms with E-state index in [4.69, 9.17) is 4.74 Å². The minimum atomic E-state index is 0.768. The van der Waals surface area contributed by atoms with Gasteiger partial charge in [-0.25, -0.2) is 0 Å². The molecule has 0 bridgehead atoms. The van der Waals surface area contributed by atoms with Crippen LogP contribution < -0.4 is 14.5 Å². The van der Waals surface area contributed by atoms with Gasteiger partial charge in [0.1, 0.15) is 18.0 Å². The summed E-state index contributed by atoms with van der Waals surface area (Å²) in [4.78, 5) is 9.12. The third-order valence-corrected chi connectivity index (χ3v) is 5.09. The number of hydrogen-bond donors (Lipinski definition) is 0. The van der Waals surface area contributed by atoms with Crippen molar-refractivity contribution in [2.24, 2.45) is 7.05 Å². The molecule has 0 atom stereocenters. The number of hydrogen-bond acceptors (Lipinski definition) is 5. The van der Waals surface area contributed by atoms with Gasteiger partial charge in [-0.3, -0.25) is 9.67 Å². The predicted molar refractivity (Wildman–Crippen MR) is 102 cm³/mol. The molecule has 6 heteroatoms. The lowest BCUT2D eigenvalue weighted by Gasteiger charge is -2.41. The van der Waals surface area contributed by atoms with Crippen molar-refractivity contribution in [2.45, 2.75) is 6.54 Å². The summed E-state index contributed by atoms with van der Waals surface area (Å²) in [7, 11) is 1.97. The summed E-state index contributed by atoms with van der Waals surface area (Å²) in [6, 6.07) is 10.4. The summed E-state index contributed by atoms with van der Waals surface area (Å²) < 4.78 is 7.76. The summed E-state index contributed by atoms with van der Waals surface area (Å²) in [6.07, 6.45) is 5.78. The van der Waals surface area contributed by atoms with E-state index in [0.29, 0.717) is 0 Å². The Morgan fingerprint density at radius 3 is 2.96 bits per heavy atom. The van der Waals surface area contributed by atoms with Gasteiger partial charge in [0.15, 0.2) is 0 Å². The molecule has 26 heavy (non-hydrogen) atoms. The molecule has 0 N–H and O–H groups in total. The maximum absolute atomic E-state index is 5.87. The normalized spacial score (nSPS) is 15.6. The van der Waals surface area contributed by atoms with E-state index in [1.54, 1.807) is 6.20 Å². The van der Waals surface area contributed by atoms with Crippen molar-refractivity contribution in [2.75, 3.05) is 36.0 Å². The Hall–Kier alpha value is -3.02. The zero-order chi connectivity index (χ0) is 17.5. The molecule has 0 unspecified atom stereocenters. The van der Waals surface area contributed by atoms with E-state index in [1.165, 1.54) is 16.9 Å². The van der Waals surface area contributed by atoms with Crippen LogP contribution >= 0.6 is 0 Å². The topological polar surface area (TPSA) is 46.4 Å². The molecule has 0 amide bonds. The van der Waals surface area contributed by atoms with Gasteiger partial charge >= 0.3 is 0 Å². The van der Waals surface area contributed by atoms with Crippen molar-refractivity contribution >= 4 is 11.4 Å². The number of para-hydroxylation sites is 1. The molecule has 3 aromatic rings. The number of nitrogens with zero attached hydrogens (tertiary/aromatic N) is 5. The van der Waals surface area contributed by atoms with E-state index < -0.39 is 0 Å². The Morgan fingerprint density at radius 1 is 1.12 bits per heavy atom. The van der Waals surface area contributed by atoms with Crippen LogP contribution in [-0.4, -0.2) is 41.0 Å². The van der Waals surface area contributed by atoms with Gasteiger partial charge in [-0.15, -0.1) is 0 Å². The van der Waals surface area contributed by atoms with Crippen LogP contribution in [-0.2, 0) is 13.6 Å². The van der Waals surface area contributed by atoms with Crippen molar-refractivity contribution in [1.29, 1.82) is 0 Å². The second kappa shape index (κ2) is 6.05. The molecule has 132 valence electrons. The molecule has 0 spiro atoms. The van der Waals surface area contributed by atoms with Crippen LogP contribution in [0, 0.1) is 0 Å². The molecule has 2 aliphatic heterocycles. The van der Waals surface area contributed by atoms with Crippen LogP contribution in [0.1, 0.15) is 5.56 Å². The van der Waals surface area contributed by atoms with E-state index in [2.05, 4.69) is 50.3 Å². The average molecular weight is 347 g/mol. The molecule has 0 aliphatic carbocycles. The van der Waals surface area contributed by atoms with Crippen LogP contribution in [0.25, 0.3) is 11.3 Å². The first kappa shape index (κ1) is 15.3. The molecule has 2 aliphatic rings. The number of benzene rings is 1. The molecule has 0 saturated heterocycles. The Kier molecular flexibility index (Phi) is 3.55. The SMILES string of the molecule is Cn1cc(CN2CCN3CCOc4cccc2c43)c(-c2cccnc2)n1. The Labute approximate surface area is 152 Å². The largest absolute Gasteiger partial charge is 0.489 e. The molecular formula is C20H21N5O. The number of aryl methyl sites for hydroxylation is 1. The van der Waals surface area contributed by atoms with E-state index in [0.717, 1.165) is 49.8 Å². The molecular weight excluding hydrogens is 326 g/mol. The fourth-order valence-corrected chi connectivity index (χ4v) is 3.93. The van der Waals surface area contributed by atoms with Gasteiger partial charge < -0.3 is 14.5 Å². The lowest BCUT2D eigenvalue weighted by Crippen LogP contribution is -2.44. The number of aromatic nitrogens is 3. The van der Waals surface area contributed by atoms with Crippen LogP contribution in [0.4, 0.5) is 11.4 Å². The van der Waals surface area contributed by atoms with Gasteiger partial charge in [0.25, 0.3) is 0 Å². The molecule has 0 fully saturated rings. The van der Waals surface area contributed by atoms with Crippen LogP contribution in [0.3, 0.4) is 0 Å². The highest BCUT2D eigenvalue weighted by Gasteiger charge is 2.29. The fourth-order valence-electron chi connectivity index (χ4n) is 3.93. The lowest BCUT2D eigenvalue weighted by atomic mass is 10.1. The Balaban J connectivity index is 1.52. The second-order valence-electron chi connectivity index (χ2n) is 6.80. The lowest BCUT2D eigenvalue weighted by molar-refractivity contribution is 0.306. The molecule has 5 rings (SSSR count). The molecule has 0 radical (unpaired) electrons. The Bertz CT molecular complexity index is 937. The maximum Gasteiger partial charge on any atom is 0.144 e. The summed E-state index contributed by atoms with van der Waals surface area (Å²) in [6.45, 7) is 4.58. The van der Waals surface area contributed by atoms with Crippen LogP contribution in [0.2, 0.25) is 0 Å². The number of pyridine rings is 1. The molecule has 0 saturated carbocycles. The first-order valence-corrected chi connectivity index (χ1v) is 8.98. The average Bonchev–Trinajstić information content (AvgIpc) is 3.05. The quantitative estimate of drug-likeness (QED) is 0.729. The van der Waals surface area contributed by atoms with E-state index >= 15 is 0 Å². The predicted octanol–water partition coefficient (Wildman–Crippen LogP) is 2.70. The molecule has 6 nitrogen and oxygen atoms in total. The van der Waals surface area contributed by atoms with Crippen molar-refractivity contribution in [3.8, 4) is 17.0 Å². The van der Waals surface area contributed by atoms with Gasteiger partial charge in [0.2, 0.25) is 0 Å². The van der Waals surface area contributed by atoms with E-state index in [-0.39, 0.29) is 0 Å². The zero-order valence-corrected chi connectivity index (χ0v) is 14.8. The minimum Gasteiger partial charge on any atom is -0.489 e. The monoisotopic (exact) mass is 347 g/mol. The summed E-state index contributed by atoms with van der Waals surface area (Å²) in [5.74, 6) is 0.997. The highest BCUT2D eigenvalue weighted by molar-refractivity contribution is 5.80. The van der Waals surface area contributed by atoms with Gasteiger partial charge in [-0.1, -0.05) is 6.07 Å². The van der Waals surface area contributed by atoms with Crippen LogP contribution in [0.5, 0.6) is 5.75 Å². The van der Waals surface area contributed by atoms with Gasteiger partial charge in [0.05, 0.1) is 17.9 Å². The standard InChI is InChI=1S/C20H21N5O/c1-23-13-16(19(22-23)15-4-3-7-21-12-15)14-25-9-8-24-10-11-26-18-6-2-5-17(25)20(18)24/h2-7,12-13H,8-11,14H2,1H3. The van der Waals surface area contributed by atoms with E-state index in [9.17, 15) is 0 Å². The molecule has 1 aromatic carbocycles. The van der Waals surface area contributed by atoms with Crippen molar-refractivity contribution in [3.63, 3.8) is 0 Å². The number of rotatable bonds is 3. The summed E-state index contributed by atoms with van der Waals surface area (Å²) >= 11 is 0. The van der Waals surface area contributed by atoms with Crippen molar-refractivity contribution < 1.29 is 4.74 Å². The van der Waals surface area contributed by atoms with Crippen molar-refractivity contribution in [1.82, 2.24) is 14.8 Å². The Morgan fingerprint density at radius 2 is 2.08 bits per heavy atom. The first-order chi connectivity index (χ1) is 12.8.